The first kappa shape index (κ1) is 19.9. The molecule has 9 heteroatoms. The van der Waals surface area contributed by atoms with E-state index in [0.29, 0.717) is 23.9 Å². The molecule has 3 aliphatic rings. The predicted octanol–water partition coefficient (Wildman–Crippen LogP) is 4.90. The Morgan fingerprint density at radius 2 is 1.87 bits per heavy atom. The number of aromatic nitrogens is 4. The van der Waals surface area contributed by atoms with Crippen LogP contribution in [0.2, 0.25) is 5.02 Å². The minimum absolute atomic E-state index is 0.464. The van der Waals surface area contributed by atoms with Gasteiger partial charge in [-0.15, -0.1) is 0 Å². The predicted molar refractivity (Wildman–Crippen MR) is 124 cm³/mol. The first-order chi connectivity index (χ1) is 15.2. The summed E-state index contributed by atoms with van der Waals surface area (Å²) < 4.78 is 8.31. The molecule has 0 amide bonds. The largest absolute Gasteiger partial charge is 0.378 e. The first-order valence-corrected chi connectivity index (χ1v) is 12.1. The summed E-state index contributed by atoms with van der Waals surface area (Å²) in [6.07, 6.45) is 8.26. The number of nitrogens with one attached hydrogen (secondary N) is 1. The molecular formula is C22H24BrClN6O. The second kappa shape index (κ2) is 7.99. The van der Waals surface area contributed by atoms with Crippen molar-refractivity contribution in [3.05, 3.63) is 39.7 Å². The van der Waals surface area contributed by atoms with Crippen LogP contribution >= 0.6 is 27.5 Å². The number of benzene rings is 1. The number of rotatable bonds is 5. The molecule has 6 rings (SSSR count). The molecule has 0 atom stereocenters. The second-order valence-corrected chi connectivity index (χ2v) is 9.94. The molecule has 2 saturated heterocycles. The Morgan fingerprint density at radius 1 is 1.06 bits per heavy atom. The molecule has 2 aromatic heterocycles. The molecule has 1 saturated carbocycles. The number of hydrogen-bond donors (Lipinski definition) is 1. The molecule has 0 bridgehead atoms. The maximum absolute atomic E-state index is 6.68. The molecule has 0 spiro atoms. The highest BCUT2D eigenvalue weighted by Gasteiger charge is 2.31. The van der Waals surface area contributed by atoms with E-state index in [1.807, 2.05) is 23.1 Å². The van der Waals surface area contributed by atoms with Crippen molar-refractivity contribution in [1.82, 2.24) is 24.6 Å². The van der Waals surface area contributed by atoms with Gasteiger partial charge in [-0.05, 0) is 78.3 Å². The fourth-order valence-corrected chi connectivity index (χ4v) is 5.48. The van der Waals surface area contributed by atoms with E-state index < -0.39 is 0 Å². The van der Waals surface area contributed by atoms with Crippen molar-refractivity contribution < 1.29 is 4.74 Å². The van der Waals surface area contributed by atoms with Gasteiger partial charge in [-0.1, -0.05) is 11.6 Å². The summed E-state index contributed by atoms with van der Waals surface area (Å²) in [5, 5.41) is 9.55. The molecule has 162 valence electrons. The number of likely N-dealkylation sites (tertiary alicyclic amines) is 1. The Bertz CT molecular complexity index is 1120. The van der Waals surface area contributed by atoms with Gasteiger partial charge in [0.1, 0.15) is 4.60 Å². The van der Waals surface area contributed by atoms with Crippen LogP contribution in [-0.2, 0) is 4.74 Å². The maximum Gasteiger partial charge on any atom is 0.227 e. The smallest absolute Gasteiger partial charge is 0.227 e. The molecule has 3 fully saturated rings. The Hall–Kier alpha value is -1.74. The highest BCUT2D eigenvalue weighted by molar-refractivity contribution is 9.10. The fraction of sp³-hybridized carbons (Fsp3) is 0.500. The van der Waals surface area contributed by atoms with E-state index in [4.69, 9.17) is 21.3 Å². The van der Waals surface area contributed by atoms with E-state index in [1.165, 1.54) is 18.4 Å². The van der Waals surface area contributed by atoms with E-state index in [2.05, 4.69) is 42.3 Å². The van der Waals surface area contributed by atoms with Crippen molar-refractivity contribution >= 4 is 50.1 Å². The van der Waals surface area contributed by atoms with Crippen LogP contribution < -0.4 is 5.32 Å². The molecule has 0 radical (unpaired) electrons. The van der Waals surface area contributed by atoms with Crippen LogP contribution in [0.3, 0.4) is 0 Å². The van der Waals surface area contributed by atoms with Gasteiger partial charge < -0.3 is 10.1 Å². The molecule has 0 unspecified atom stereocenters. The van der Waals surface area contributed by atoms with E-state index in [-0.39, 0.29) is 0 Å². The van der Waals surface area contributed by atoms with Gasteiger partial charge in [0, 0.05) is 16.6 Å². The number of hydrogen-bond acceptors (Lipinski definition) is 6. The third kappa shape index (κ3) is 3.84. The first-order valence-electron chi connectivity index (χ1n) is 10.9. The zero-order valence-corrected chi connectivity index (χ0v) is 19.4. The molecule has 1 aromatic carbocycles. The third-order valence-electron chi connectivity index (χ3n) is 6.68. The lowest BCUT2D eigenvalue weighted by molar-refractivity contribution is -0.0712. The van der Waals surface area contributed by atoms with Gasteiger partial charge in [0.25, 0.3) is 0 Å². The SMILES string of the molecule is Clc1cc2cnc(Nc3cnn(C4CC4)c3Br)nc2cc1C1CCN(C2COC2)CC1. The molecule has 7 nitrogen and oxygen atoms in total. The standard InChI is InChI=1S/C22H24BrClN6O/c23-21-20(10-26-30(21)15-1-2-15)28-22-25-9-14-7-18(24)17(8-19(14)27-22)13-3-5-29(6-4-13)16-11-31-12-16/h7-10,13,15-16H,1-6,11-12H2,(H,25,27,28). The lowest BCUT2D eigenvalue weighted by atomic mass is 9.88. The van der Waals surface area contributed by atoms with Gasteiger partial charge in [-0.2, -0.15) is 5.10 Å². The lowest BCUT2D eigenvalue weighted by Crippen LogP contribution is -2.51. The maximum atomic E-state index is 6.68. The van der Waals surface area contributed by atoms with Crippen LogP contribution in [0.15, 0.2) is 29.1 Å². The van der Waals surface area contributed by atoms with Crippen molar-refractivity contribution in [3.8, 4) is 0 Å². The van der Waals surface area contributed by atoms with Crippen molar-refractivity contribution in [2.45, 2.75) is 43.7 Å². The molecule has 1 N–H and O–H groups in total. The van der Waals surface area contributed by atoms with Crippen LogP contribution in [0.25, 0.3) is 10.9 Å². The van der Waals surface area contributed by atoms with Gasteiger partial charge in [-0.25, -0.2) is 9.97 Å². The molecular weight excluding hydrogens is 480 g/mol. The second-order valence-electron chi connectivity index (χ2n) is 8.78. The lowest BCUT2D eigenvalue weighted by Gasteiger charge is -2.41. The van der Waals surface area contributed by atoms with Gasteiger partial charge in [-0.3, -0.25) is 9.58 Å². The molecule has 31 heavy (non-hydrogen) atoms. The van der Waals surface area contributed by atoms with Crippen LogP contribution in [0, 0.1) is 0 Å². The minimum Gasteiger partial charge on any atom is -0.378 e. The number of halogens is 2. The number of nitrogens with zero attached hydrogens (tertiary/aromatic N) is 5. The van der Waals surface area contributed by atoms with E-state index in [1.54, 1.807) is 0 Å². The highest BCUT2D eigenvalue weighted by Crippen LogP contribution is 2.39. The Labute approximate surface area is 194 Å². The summed E-state index contributed by atoms with van der Waals surface area (Å²) in [6, 6.07) is 5.27. The summed E-state index contributed by atoms with van der Waals surface area (Å²) in [6.45, 7) is 3.96. The van der Waals surface area contributed by atoms with Crippen molar-refractivity contribution in [1.29, 1.82) is 0 Å². The van der Waals surface area contributed by atoms with Crippen LogP contribution in [0.4, 0.5) is 11.6 Å². The van der Waals surface area contributed by atoms with Gasteiger partial charge in [0.2, 0.25) is 5.95 Å². The van der Waals surface area contributed by atoms with E-state index in [0.717, 1.165) is 65.4 Å². The zero-order chi connectivity index (χ0) is 20.9. The van der Waals surface area contributed by atoms with E-state index >= 15 is 0 Å². The van der Waals surface area contributed by atoms with Crippen molar-refractivity contribution in [3.63, 3.8) is 0 Å². The Kier molecular flexibility index (Phi) is 5.13. The van der Waals surface area contributed by atoms with Gasteiger partial charge in [0.15, 0.2) is 0 Å². The highest BCUT2D eigenvalue weighted by atomic mass is 79.9. The summed E-state index contributed by atoms with van der Waals surface area (Å²) in [5.74, 6) is 1.03. The summed E-state index contributed by atoms with van der Waals surface area (Å²) >= 11 is 10.3. The third-order valence-corrected chi connectivity index (χ3v) is 7.80. The van der Waals surface area contributed by atoms with Gasteiger partial charge >= 0.3 is 0 Å². The number of fused-ring (bicyclic) bond motifs is 1. The Morgan fingerprint density at radius 3 is 2.58 bits per heavy atom. The number of piperidine rings is 1. The summed E-state index contributed by atoms with van der Waals surface area (Å²) in [4.78, 5) is 11.8. The van der Waals surface area contributed by atoms with Gasteiger partial charge in [0.05, 0.1) is 42.7 Å². The van der Waals surface area contributed by atoms with Crippen LogP contribution in [-0.4, -0.2) is 57.0 Å². The normalized spacial score (nSPS) is 20.8. The number of anilines is 2. The average Bonchev–Trinajstić information content (AvgIpc) is 3.51. The van der Waals surface area contributed by atoms with Crippen LogP contribution in [0.1, 0.15) is 43.2 Å². The zero-order valence-electron chi connectivity index (χ0n) is 17.1. The van der Waals surface area contributed by atoms with Crippen molar-refractivity contribution in [2.24, 2.45) is 0 Å². The minimum atomic E-state index is 0.464. The fourth-order valence-electron chi connectivity index (χ4n) is 4.58. The molecule has 4 heterocycles. The summed E-state index contributed by atoms with van der Waals surface area (Å²) in [7, 11) is 0. The van der Waals surface area contributed by atoms with Crippen LogP contribution in [0.5, 0.6) is 0 Å². The monoisotopic (exact) mass is 502 g/mol. The average molecular weight is 504 g/mol. The van der Waals surface area contributed by atoms with E-state index in [9.17, 15) is 0 Å². The Balaban J connectivity index is 1.23. The molecule has 2 aliphatic heterocycles. The van der Waals surface area contributed by atoms with Crippen molar-refractivity contribution in [2.75, 3.05) is 31.6 Å². The molecule has 1 aliphatic carbocycles. The topological polar surface area (TPSA) is 68.1 Å². The quantitative estimate of drug-likeness (QED) is 0.534. The summed E-state index contributed by atoms with van der Waals surface area (Å²) in [5.41, 5.74) is 3.00. The molecule has 3 aromatic rings. The number of ether oxygens (including phenoxy) is 1.